The van der Waals surface area contributed by atoms with E-state index in [-0.39, 0.29) is 22.4 Å². The van der Waals surface area contributed by atoms with Crippen LogP contribution in [-0.4, -0.2) is 34.5 Å². The van der Waals surface area contributed by atoms with Gasteiger partial charge >= 0.3 is 0 Å². The molecule has 1 aromatic carbocycles. The summed E-state index contributed by atoms with van der Waals surface area (Å²) in [6, 6.07) is 4.08. The summed E-state index contributed by atoms with van der Waals surface area (Å²) in [4.78, 5) is 11.3. The van der Waals surface area contributed by atoms with Gasteiger partial charge in [-0.3, -0.25) is 4.79 Å². The molecule has 0 aliphatic rings. The molecule has 0 aliphatic carbocycles. The quantitative estimate of drug-likeness (QED) is 0.789. The Balaban J connectivity index is 2.74. The van der Waals surface area contributed by atoms with Gasteiger partial charge in [0.15, 0.2) is 0 Å². The van der Waals surface area contributed by atoms with Gasteiger partial charge in [0.1, 0.15) is 5.75 Å². The maximum Gasteiger partial charge on any atom is 0.241 e. The molecule has 0 radical (unpaired) electrons. The molecule has 0 fully saturated rings. The van der Waals surface area contributed by atoms with Crippen LogP contribution in [0.15, 0.2) is 23.1 Å². The van der Waals surface area contributed by atoms with Gasteiger partial charge in [-0.1, -0.05) is 18.5 Å². The Kier molecular flexibility index (Phi) is 6.25. The average Bonchev–Trinajstić information content (AvgIpc) is 2.42. The summed E-state index contributed by atoms with van der Waals surface area (Å²) in [5, 5.41) is 2.76. The van der Waals surface area contributed by atoms with Crippen molar-refractivity contribution in [2.75, 3.05) is 20.2 Å². The molecule has 0 aromatic heterocycles. The minimum absolute atomic E-state index is 0.0217. The van der Waals surface area contributed by atoms with Gasteiger partial charge in [0.05, 0.1) is 23.6 Å². The largest absolute Gasteiger partial charge is 0.495 e. The number of carbonyl (C=O) groups is 1. The Hall–Kier alpha value is -1.31. The molecule has 0 aliphatic heterocycles. The fourth-order valence-corrected chi connectivity index (χ4v) is 2.72. The van der Waals surface area contributed by atoms with Gasteiger partial charge in [0.2, 0.25) is 15.9 Å². The summed E-state index contributed by atoms with van der Waals surface area (Å²) in [5.74, 6) is 0.00124. The van der Waals surface area contributed by atoms with Gasteiger partial charge in [-0.25, -0.2) is 13.1 Å². The van der Waals surface area contributed by atoms with Crippen LogP contribution in [0.1, 0.15) is 13.3 Å². The van der Waals surface area contributed by atoms with E-state index in [1.54, 1.807) is 0 Å². The third kappa shape index (κ3) is 4.66. The third-order valence-electron chi connectivity index (χ3n) is 2.43. The number of carbonyl (C=O) groups excluding carboxylic acids is 1. The Labute approximate surface area is 123 Å². The molecule has 1 aromatic rings. The lowest BCUT2D eigenvalue weighted by Crippen LogP contribution is -2.37. The molecule has 0 unspecified atom stereocenters. The third-order valence-corrected chi connectivity index (χ3v) is 4.12. The van der Waals surface area contributed by atoms with Crippen LogP contribution >= 0.6 is 11.6 Å². The van der Waals surface area contributed by atoms with Crippen LogP contribution in [0.5, 0.6) is 5.75 Å². The maximum atomic E-state index is 12.0. The second-order valence-electron chi connectivity index (χ2n) is 3.97. The SMILES string of the molecule is CCCNC(=O)CNS(=O)(=O)c1ccc(OC)c(Cl)c1. The first kappa shape index (κ1) is 16.7. The summed E-state index contributed by atoms with van der Waals surface area (Å²) >= 11 is 5.87. The molecule has 0 saturated carbocycles. The Morgan fingerprint density at radius 2 is 2.10 bits per heavy atom. The van der Waals surface area contributed by atoms with Crippen LogP contribution in [0.2, 0.25) is 5.02 Å². The Morgan fingerprint density at radius 1 is 1.40 bits per heavy atom. The van der Waals surface area contributed by atoms with Crippen molar-refractivity contribution in [1.29, 1.82) is 0 Å². The van der Waals surface area contributed by atoms with E-state index in [9.17, 15) is 13.2 Å². The highest BCUT2D eigenvalue weighted by Crippen LogP contribution is 2.26. The summed E-state index contributed by atoms with van der Waals surface area (Å²) in [6.45, 7) is 2.10. The molecule has 0 atom stereocenters. The van der Waals surface area contributed by atoms with Crippen molar-refractivity contribution in [3.8, 4) is 5.75 Å². The summed E-state index contributed by atoms with van der Waals surface area (Å²) in [7, 11) is -2.34. The van der Waals surface area contributed by atoms with E-state index >= 15 is 0 Å². The molecular weight excluding hydrogens is 304 g/mol. The lowest BCUT2D eigenvalue weighted by atomic mass is 10.3. The lowest BCUT2D eigenvalue weighted by Gasteiger charge is -2.09. The molecule has 1 amide bonds. The summed E-state index contributed by atoms with van der Waals surface area (Å²) in [6.07, 6.45) is 0.784. The number of hydrogen-bond donors (Lipinski definition) is 2. The first-order valence-electron chi connectivity index (χ1n) is 6.00. The van der Waals surface area contributed by atoms with Crippen LogP contribution in [0.3, 0.4) is 0 Å². The van der Waals surface area contributed by atoms with Crippen molar-refractivity contribution in [2.24, 2.45) is 0 Å². The molecular formula is C12H17ClN2O4S. The zero-order chi connectivity index (χ0) is 15.2. The fourth-order valence-electron chi connectivity index (χ4n) is 1.39. The number of benzene rings is 1. The number of halogens is 1. The Morgan fingerprint density at radius 3 is 2.65 bits per heavy atom. The predicted octanol–water partition coefficient (Wildman–Crippen LogP) is 1.15. The van der Waals surface area contributed by atoms with E-state index in [4.69, 9.17) is 16.3 Å². The van der Waals surface area contributed by atoms with Crippen molar-refractivity contribution in [1.82, 2.24) is 10.0 Å². The van der Waals surface area contributed by atoms with Gasteiger partial charge in [-0.2, -0.15) is 0 Å². The lowest BCUT2D eigenvalue weighted by molar-refractivity contribution is -0.119. The van der Waals surface area contributed by atoms with Crippen molar-refractivity contribution in [3.63, 3.8) is 0 Å². The van der Waals surface area contributed by atoms with Crippen LogP contribution < -0.4 is 14.8 Å². The number of hydrogen-bond acceptors (Lipinski definition) is 4. The average molecular weight is 321 g/mol. The van der Waals surface area contributed by atoms with Crippen LogP contribution in [0.25, 0.3) is 0 Å². The number of sulfonamides is 1. The van der Waals surface area contributed by atoms with E-state index in [1.807, 2.05) is 6.92 Å². The van der Waals surface area contributed by atoms with Crippen molar-refractivity contribution in [2.45, 2.75) is 18.2 Å². The van der Waals surface area contributed by atoms with E-state index < -0.39 is 10.0 Å². The van der Waals surface area contributed by atoms with Gasteiger partial charge in [-0.15, -0.1) is 0 Å². The highest BCUT2D eigenvalue weighted by Gasteiger charge is 2.17. The van der Waals surface area contributed by atoms with Crippen LogP contribution in [0.4, 0.5) is 0 Å². The van der Waals surface area contributed by atoms with Crippen LogP contribution in [-0.2, 0) is 14.8 Å². The highest BCUT2D eigenvalue weighted by atomic mass is 35.5. The summed E-state index contributed by atoms with van der Waals surface area (Å²) in [5.41, 5.74) is 0. The molecule has 0 bridgehead atoms. The van der Waals surface area contributed by atoms with Gasteiger partial charge in [-0.05, 0) is 24.6 Å². The molecule has 1 rings (SSSR count). The van der Waals surface area contributed by atoms with Crippen molar-refractivity contribution < 1.29 is 17.9 Å². The molecule has 20 heavy (non-hydrogen) atoms. The van der Waals surface area contributed by atoms with E-state index in [2.05, 4.69) is 10.0 Å². The minimum Gasteiger partial charge on any atom is -0.495 e. The maximum absolute atomic E-state index is 12.0. The second-order valence-corrected chi connectivity index (χ2v) is 6.15. The van der Waals surface area contributed by atoms with Gasteiger partial charge in [0, 0.05) is 6.54 Å². The molecule has 6 nitrogen and oxygen atoms in total. The zero-order valence-corrected chi connectivity index (χ0v) is 12.8. The normalized spacial score (nSPS) is 11.2. The van der Waals surface area contributed by atoms with Gasteiger partial charge < -0.3 is 10.1 Å². The molecule has 0 heterocycles. The summed E-state index contributed by atoms with van der Waals surface area (Å²) < 4.78 is 31.1. The zero-order valence-electron chi connectivity index (χ0n) is 11.3. The smallest absolute Gasteiger partial charge is 0.241 e. The predicted molar refractivity (Wildman–Crippen MR) is 76.5 cm³/mol. The van der Waals surface area contributed by atoms with E-state index in [0.29, 0.717) is 12.3 Å². The topological polar surface area (TPSA) is 84.5 Å². The van der Waals surface area contributed by atoms with Crippen LogP contribution in [0, 0.1) is 0 Å². The molecule has 8 heteroatoms. The van der Waals surface area contributed by atoms with E-state index in [1.165, 1.54) is 25.3 Å². The molecule has 112 valence electrons. The Bertz CT molecular complexity index is 575. The number of methoxy groups -OCH3 is 1. The molecule has 0 spiro atoms. The molecule has 2 N–H and O–H groups in total. The number of ether oxygens (including phenoxy) is 1. The van der Waals surface area contributed by atoms with Gasteiger partial charge in [0.25, 0.3) is 0 Å². The minimum atomic E-state index is -3.78. The second kappa shape index (κ2) is 7.47. The monoisotopic (exact) mass is 320 g/mol. The number of amides is 1. The van der Waals surface area contributed by atoms with E-state index in [0.717, 1.165) is 6.42 Å². The first-order chi connectivity index (χ1) is 9.40. The number of nitrogens with one attached hydrogen (secondary N) is 2. The highest BCUT2D eigenvalue weighted by molar-refractivity contribution is 7.89. The first-order valence-corrected chi connectivity index (χ1v) is 7.86. The van der Waals surface area contributed by atoms with Crippen molar-refractivity contribution in [3.05, 3.63) is 23.2 Å². The number of rotatable bonds is 7. The van der Waals surface area contributed by atoms with Crippen molar-refractivity contribution >= 4 is 27.5 Å². The fraction of sp³-hybridized carbons (Fsp3) is 0.417. The standard InChI is InChI=1S/C12H17ClN2O4S/c1-3-6-14-12(16)8-15-20(17,18)9-4-5-11(19-2)10(13)7-9/h4-5,7,15H,3,6,8H2,1-2H3,(H,14,16). The molecule has 0 saturated heterocycles.